The molecule has 1 unspecified atom stereocenters. The van der Waals surface area contributed by atoms with Gasteiger partial charge in [-0.1, -0.05) is 17.7 Å². The molecule has 2 saturated heterocycles. The molecule has 0 N–H and O–H groups in total. The number of nitrogens with zero attached hydrogens (tertiary/aromatic N) is 2. The summed E-state index contributed by atoms with van der Waals surface area (Å²) >= 11 is 5.87. The zero-order valence-corrected chi connectivity index (χ0v) is 11.2. The van der Waals surface area contributed by atoms with E-state index in [-0.39, 0.29) is 10.8 Å². The van der Waals surface area contributed by atoms with Gasteiger partial charge in [-0.15, -0.1) is 0 Å². The average molecular weight is 269 g/mol. The molecule has 18 heavy (non-hydrogen) atoms. The van der Waals surface area contributed by atoms with Crippen LogP contribution in [0.3, 0.4) is 0 Å². The number of rotatable bonds is 1. The van der Waals surface area contributed by atoms with Crippen LogP contribution in [-0.2, 0) is 0 Å². The lowest BCUT2D eigenvalue weighted by Gasteiger charge is -2.27. The van der Waals surface area contributed by atoms with Crippen LogP contribution in [0.1, 0.15) is 19.3 Å². The SMILES string of the molecule is Fc1c(Cl)cccc1N1CCCN2CCCC2C1. The van der Waals surface area contributed by atoms with Gasteiger partial charge in [0.2, 0.25) is 0 Å². The zero-order chi connectivity index (χ0) is 12.5. The Morgan fingerprint density at radius 2 is 2.00 bits per heavy atom. The zero-order valence-electron chi connectivity index (χ0n) is 10.4. The van der Waals surface area contributed by atoms with E-state index in [1.165, 1.54) is 19.4 Å². The molecular weight excluding hydrogens is 251 g/mol. The minimum atomic E-state index is -0.273. The van der Waals surface area contributed by atoms with Crippen LogP contribution < -0.4 is 4.90 Å². The molecule has 0 aromatic heterocycles. The smallest absolute Gasteiger partial charge is 0.165 e. The van der Waals surface area contributed by atoms with Crippen molar-refractivity contribution < 1.29 is 4.39 Å². The lowest BCUT2D eigenvalue weighted by Crippen LogP contribution is -2.36. The second-order valence-electron chi connectivity index (χ2n) is 5.20. The van der Waals surface area contributed by atoms with Crippen LogP contribution >= 0.6 is 11.6 Å². The summed E-state index contributed by atoms with van der Waals surface area (Å²) in [6, 6.07) is 5.87. The minimum Gasteiger partial charge on any atom is -0.368 e. The molecule has 4 heteroatoms. The molecule has 0 saturated carbocycles. The van der Waals surface area contributed by atoms with Crippen LogP contribution in [0.2, 0.25) is 5.02 Å². The van der Waals surface area contributed by atoms with E-state index in [0.717, 1.165) is 26.1 Å². The summed E-state index contributed by atoms with van der Waals surface area (Å²) in [5, 5.41) is 0.222. The van der Waals surface area contributed by atoms with E-state index in [9.17, 15) is 4.39 Å². The Morgan fingerprint density at radius 3 is 2.89 bits per heavy atom. The molecule has 0 spiro atoms. The average Bonchev–Trinajstić information content (AvgIpc) is 2.70. The van der Waals surface area contributed by atoms with Crippen molar-refractivity contribution in [1.82, 2.24) is 4.90 Å². The van der Waals surface area contributed by atoms with E-state index < -0.39 is 0 Å². The van der Waals surface area contributed by atoms with E-state index in [2.05, 4.69) is 9.80 Å². The molecule has 0 aliphatic carbocycles. The van der Waals surface area contributed by atoms with Crippen LogP contribution in [0.4, 0.5) is 10.1 Å². The van der Waals surface area contributed by atoms with Crippen molar-refractivity contribution in [2.45, 2.75) is 25.3 Å². The molecule has 1 atom stereocenters. The fourth-order valence-electron chi connectivity index (χ4n) is 3.16. The van der Waals surface area contributed by atoms with Gasteiger partial charge in [0.05, 0.1) is 10.7 Å². The van der Waals surface area contributed by atoms with E-state index in [1.807, 2.05) is 12.1 Å². The molecule has 0 radical (unpaired) electrons. The van der Waals surface area contributed by atoms with Crippen molar-refractivity contribution in [2.24, 2.45) is 0 Å². The Bertz CT molecular complexity index is 438. The van der Waals surface area contributed by atoms with Crippen molar-refractivity contribution >= 4 is 17.3 Å². The highest BCUT2D eigenvalue weighted by molar-refractivity contribution is 6.31. The molecule has 2 aliphatic rings. The van der Waals surface area contributed by atoms with E-state index in [1.54, 1.807) is 6.07 Å². The highest BCUT2D eigenvalue weighted by atomic mass is 35.5. The Balaban J connectivity index is 1.85. The van der Waals surface area contributed by atoms with Gasteiger partial charge < -0.3 is 4.90 Å². The molecule has 2 nitrogen and oxygen atoms in total. The summed E-state index contributed by atoms with van der Waals surface area (Å²) in [6.45, 7) is 4.20. The van der Waals surface area contributed by atoms with Gasteiger partial charge in [-0.2, -0.15) is 0 Å². The number of halogens is 2. The molecule has 3 rings (SSSR count). The predicted octanol–water partition coefficient (Wildman–Crippen LogP) is 3.15. The van der Waals surface area contributed by atoms with Crippen molar-refractivity contribution in [2.75, 3.05) is 31.1 Å². The second-order valence-corrected chi connectivity index (χ2v) is 5.61. The minimum absolute atomic E-state index is 0.222. The van der Waals surface area contributed by atoms with Crippen molar-refractivity contribution in [1.29, 1.82) is 0 Å². The topological polar surface area (TPSA) is 6.48 Å². The maximum atomic E-state index is 14.1. The highest BCUT2D eigenvalue weighted by Crippen LogP contribution is 2.29. The van der Waals surface area contributed by atoms with Crippen LogP contribution in [0.15, 0.2) is 18.2 Å². The molecule has 98 valence electrons. The first-order chi connectivity index (χ1) is 8.75. The molecule has 0 amide bonds. The summed E-state index contributed by atoms with van der Waals surface area (Å²) < 4.78 is 14.1. The van der Waals surface area contributed by atoms with E-state index in [4.69, 9.17) is 11.6 Å². The maximum absolute atomic E-state index is 14.1. The summed E-state index contributed by atoms with van der Waals surface area (Å²) in [4.78, 5) is 4.71. The molecule has 1 aromatic rings. The summed E-state index contributed by atoms with van der Waals surface area (Å²) in [5.41, 5.74) is 0.663. The fourth-order valence-corrected chi connectivity index (χ4v) is 3.33. The summed E-state index contributed by atoms with van der Waals surface area (Å²) in [5.74, 6) is -0.273. The number of benzene rings is 1. The van der Waals surface area contributed by atoms with Gasteiger partial charge in [0.1, 0.15) is 0 Å². The van der Waals surface area contributed by atoms with Crippen LogP contribution in [0.5, 0.6) is 0 Å². The third-order valence-electron chi connectivity index (χ3n) is 4.08. The Kier molecular flexibility index (Phi) is 3.44. The third-order valence-corrected chi connectivity index (χ3v) is 4.37. The fraction of sp³-hybridized carbons (Fsp3) is 0.571. The number of hydrogen-bond donors (Lipinski definition) is 0. The molecule has 0 bridgehead atoms. The quantitative estimate of drug-likeness (QED) is 0.772. The largest absolute Gasteiger partial charge is 0.368 e. The van der Waals surface area contributed by atoms with Gasteiger partial charge in [0.25, 0.3) is 0 Å². The number of hydrogen-bond acceptors (Lipinski definition) is 2. The number of anilines is 1. The van der Waals surface area contributed by atoms with Crippen molar-refractivity contribution in [3.8, 4) is 0 Å². The first kappa shape index (κ1) is 12.2. The monoisotopic (exact) mass is 268 g/mol. The van der Waals surface area contributed by atoms with Gasteiger partial charge in [0.15, 0.2) is 5.82 Å². The summed E-state index contributed by atoms with van der Waals surface area (Å²) in [6.07, 6.45) is 3.61. The van der Waals surface area contributed by atoms with Gasteiger partial charge in [-0.3, -0.25) is 4.90 Å². The van der Waals surface area contributed by atoms with Crippen LogP contribution in [0, 0.1) is 5.82 Å². The molecular formula is C14H18ClFN2. The molecule has 1 aromatic carbocycles. The van der Waals surface area contributed by atoms with Gasteiger partial charge in [-0.05, 0) is 37.9 Å². The van der Waals surface area contributed by atoms with Crippen molar-refractivity contribution in [3.05, 3.63) is 29.0 Å². The van der Waals surface area contributed by atoms with Gasteiger partial charge in [-0.25, -0.2) is 4.39 Å². The maximum Gasteiger partial charge on any atom is 0.165 e. The summed E-state index contributed by atoms with van der Waals surface area (Å²) in [7, 11) is 0. The number of fused-ring (bicyclic) bond motifs is 1. The van der Waals surface area contributed by atoms with Gasteiger partial charge in [0, 0.05) is 25.7 Å². The Hall–Kier alpha value is -0.800. The highest BCUT2D eigenvalue weighted by Gasteiger charge is 2.29. The van der Waals surface area contributed by atoms with Crippen LogP contribution in [0.25, 0.3) is 0 Å². The first-order valence-corrected chi connectivity index (χ1v) is 7.06. The standard InChI is InChI=1S/C14H18ClFN2/c15-12-5-1-6-13(14(12)16)18-9-3-8-17-7-2-4-11(17)10-18/h1,5-6,11H,2-4,7-10H2. The lowest BCUT2D eigenvalue weighted by molar-refractivity contribution is 0.273. The van der Waals surface area contributed by atoms with E-state index in [0.29, 0.717) is 11.7 Å². The van der Waals surface area contributed by atoms with Gasteiger partial charge >= 0.3 is 0 Å². The predicted molar refractivity (Wildman–Crippen MR) is 72.8 cm³/mol. The molecule has 2 fully saturated rings. The van der Waals surface area contributed by atoms with Crippen molar-refractivity contribution in [3.63, 3.8) is 0 Å². The second kappa shape index (κ2) is 5.06. The molecule has 2 aliphatic heterocycles. The van der Waals surface area contributed by atoms with E-state index >= 15 is 0 Å². The molecule has 2 heterocycles. The lowest BCUT2D eigenvalue weighted by atomic mass is 10.2. The normalized spacial score (nSPS) is 25.0. The van der Waals surface area contributed by atoms with Crippen LogP contribution in [-0.4, -0.2) is 37.1 Å². The first-order valence-electron chi connectivity index (χ1n) is 6.69. The Labute approximate surface area is 112 Å². The Morgan fingerprint density at radius 1 is 1.17 bits per heavy atom. The third kappa shape index (κ3) is 2.21.